The summed E-state index contributed by atoms with van der Waals surface area (Å²) in [6.45, 7) is 13.1. The molecule has 1 unspecified atom stereocenters. The van der Waals surface area contributed by atoms with Gasteiger partial charge in [-0.05, 0) is 43.9 Å². The molecule has 0 aromatic heterocycles. The van der Waals surface area contributed by atoms with E-state index in [0.29, 0.717) is 11.1 Å². The van der Waals surface area contributed by atoms with Crippen molar-refractivity contribution in [2.24, 2.45) is 0 Å². The zero-order valence-electron chi connectivity index (χ0n) is 22.7. The third-order valence-electron chi connectivity index (χ3n) is 6.55. The molecule has 0 bridgehead atoms. The van der Waals surface area contributed by atoms with Crippen molar-refractivity contribution in [1.82, 2.24) is 0 Å². The summed E-state index contributed by atoms with van der Waals surface area (Å²) in [6, 6.07) is 10.5. The molecule has 0 saturated heterocycles. The Hall–Kier alpha value is -3.48. The number of hydrogen-bond donors (Lipinski definition) is 2. The van der Waals surface area contributed by atoms with Crippen LogP contribution in [0.5, 0.6) is 11.5 Å². The van der Waals surface area contributed by atoms with Crippen LogP contribution < -0.4 is 9.80 Å². The van der Waals surface area contributed by atoms with Gasteiger partial charge in [0.25, 0.3) is 0 Å². The quantitative estimate of drug-likeness (QED) is 0.321. The Morgan fingerprint density at radius 1 is 0.811 bits per heavy atom. The molecule has 1 atom stereocenters. The summed E-state index contributed by atoms with van der Waals surface area (Å²) < 4.78 is 5.49. The van der Waals surface area contributed by atoms with Gasteiger partial charge in [-0.3, -0.25) is 9.59 Å². The number of anilines is 2. The highest BCUT2D eigenvalue weighted by molar-refractivity contribution is 6.33. The van der Waals surface area contributed by atoms with Crippen LogP contribution in [0.15, 0.2) is 42.2 Å². The number of phenols is 2. The van der Waals surface area contributed by atoms with Gasteiger partial charge in [-0.1, -0.05) is 33.8 Å². The van der Waals surface area contributed by atoms with E-state index < -0.39 is 11.9 Å². The number of ether oxygens (including phenoxy) is 1. The summed E-state index contributed by atoms with van der Waals surface area (Å²) >= 11 is 0. The zero-order chi connectivity index (χ0) is 27.1. The molecule has 0 fully saturated rings. The van der Waals surface area contributed by atoms with Crippen molar-refractivity contribution in [3.63, 3.8) is 0 Å². The van der Waals surface area contributed by atoms with Crippen molar-refractivity contribution in [1.29, 1.82) is 0 Å². The molecule has 7 nitrogen and oxygen atoms in total. The van der Waals surface area contributed by atoms with Gasteiger partial charge in [-0.25, -0.2) is 0 Å². The minimum atomic E-state index is -0.908. The average molecular weight is 509 g/mol. The Bertz CT molecular complexity index is 1140. The molecule has 3 rings (SSSR count). The fourth-order valence-electron chi connectivity index (χ4n) is 4.98. The minimum Gasteiger partial charge on any atom is -0.508 e. The molecule has 0 spiro atoms. The molecule has 7 heteroatoms. The molecule has 0 heterocycles. The molecule has 0 aliphatic heterocycles. The van der Waals surface area contributed by atoms with E-state index in [0.717, 1.165) is 63.2 Å². The lowest BCUT2D eigenvalue weighted by Crippen LogP contribution is -2.31. The smallest absolute Gasteiger partial charge is 0.307 e. The van der Waals surface area contributed by atoms with Gasteiger partial charge >= 0.3 is 5.97 Å². The van der Waals surface area contributed by atoms with E-state index in [1.807, 2.05) is 12.1 Å². The van der Waals surface area contributed by atoms with Gasteiger partial charge in [0.05, 0.1) is 5.57 Å². The maximum atomic E-state index is 13.4. The largest absolute Gasteiger partial charge is 0.508 e. The topological polar surface area (TPSA) is 90.3 Å². The summed E-state index contributed by atoms with van der Waals surface area (Å²) in [7, 11) is 0. The molecule has 2 aromatic rings. The number of aromatic hydroxyl groups is 2. The number of carbonyl (C=O) groups excluding carboxylic acids is 2. The van der Waals surface area contributed by atoms with Gasteiger partial charge < -0.3 is 24.7 Å². The van der Waals surface area contributed by atoms with Gasteiger partial charge in [0, 0.05) is 67.7 Å². The predicted octanol–water partition coefficient (Wildman–Crippen LogP) is 5.99. The molecule has 0 radical (unpaired) electrons. The highest BCUT2D eigenvalue weighted by Crippen LogP contribution is 2.49. The third kappa shape index (κ3) is 6.09. The number of Topliss-reactive ketones (excluding diaryl/α,β-unsaturated/α-hetero) is 1. The second-order valence-corrected chi connectivity index (χ2v) is 9.55. The molecule has 2 aromatic carbocycles. The van der Waals surface area contributed by atoms with E-state index in [-0.39, 0.29) is 28.6 Å². The van der Waals surface area contributed by atoms with Crippen LogP contribution in [0, 0.1) is 0 Å². The highest BCUT2D eigenvalue weighted by Gasteiger charge is 2.45. The fourth-order valence-corrected chi connectivity index (χ4v) is 4.98. The second-order valence-electron chi connectivity index (χ2n) is 9.55. The molecule has 200 valence electrons. The Labute approximate surface area is 220 Å². The lowest BCUT2D eigenvalue weighted by molar-refractivity contribution is -0.138. The molecule has 0 amide bonds. The number of benzene rings is 2. The van der Waals surface area contributed by atoms with Crippen molar-refractivity contribution in [2.45, 2.75) is 66.2 Å². The van der Waals surface area contributed by atoms with Crippen LogP contribution in [0.1, 0.15) is 77.3 Å². The number of esters is 1. The van der Waals surface area contributed by atoms with Crippen LogP contribution in [0.2, 0.25) is 0 Å². The summed E-state index contributed by atoms with van der Waals surface area (Å²) in [6.07, 6.45) is 3.90. The van der Waals surface area contributed by atoms with E-state index in [2.05, 4.69) is 37.5 Å². The monoisotopic (exact) mass is 508 g/mol. The van der Waals surface area contributed by atoms with Gasteiger partial charge in [-0.2, -0.15) is 0 Å². The Morgan fingerprint density at radius 3 is 1.73 bits per heavy atom. The third-order valence-corrected chi connectivity index (χ3v) is 6.55. The Balaban J connectivity index is 2.00. The van der Waals surface area contributed by atoms with Crippen molar-refractivity contribution in [3.8, 4) is 11.5 Å². The second kappa shape index (κ2) is 12.7. The van der Waals surface area contributed by atoms with Crippen LogP contribution >= 0.6 is 0 Å². The first-order valence-electron chi connectivity index (χ1n) is 13.4. The number of hydrogen-bond acceptors (Lipinski definition) is 7. The average Bonchev–Trinajstić information content (AvgIpc) is 2.85. The molecular formula is C30H40N2O5. The summed E-state index contributed by atoms with van der Waals surface area (Å²) in [4.78, 5) is 29.7. The maximum Gasteiger partial charge on any atom is 0.307 e. The molecule has 37 heavy (non-hydrogen) atoms. The number of carbonyl (C=O) groups is 2. The van der Waals surface area contributed by atoms with Crippen molar-refractivity contribution >= 4 is 28.7 Å². The van der Waals surface area contributed by atoms with E-state index >= 15 is 0 Å². The van der Waals surface area contributed by atoms with E-state index in [4.69, 9.17) is 4.74 Å². The van der Waals surface area contributed by atoms with Crippen LogP contribution in [0.3, 0.4) is 0 Å². The molecule has 1 aliphatic carbocycles. The van der Waals surface area contributed by atoms with Gasteiger partial charge in [0.15, 0.2) is 5.78 Å². The molecular weight excluding hydrogens is 468 g/mol. The lowest BCUT2D eigenvalue weighted by Gasteiger charge is -2.32. The first kappa shape index (κ1) is 28.1. The normalized spacial score (nSPS) is 14.9. The van der Waals surface area contributed by atoms with Crippen LogP contribution in [0.4, 0.5) is 11.4 Å². The Morgan fingerprint density at radius 2 is 1.30 bits per heavy atom. The molecule has 0 saturated carbocycles. The van der Waals surface area contributed by atoms with Crippen LogP contribution in [-0.4, -0.2) is 48.1 Å². The number of phenolic OH excluding ortho intramolecular Hbond substituents is 2. The predicted molar refractivity (Wildman–Crippen MR) is 148 cm³/mol. The van der Waals surface area contributed by atoms with Crippen LogP contribution in [0.25, 0.3) is 5.57 Å². The SMILES string of the molecule is CCCN(CCC)c1ccc(C2=C(OC(C)=O)C(c3ccc(N(CCC)CCC)cc3O)C2=O)c(O)c1. The fraction of sp³-hybridized carbons (Fsp3) is 0.467. The molecule has 2 N–H and O–H groups in total. The van der Waals surface area contributed by atoms with Crippen LogP contribution in [-0.2, 0) is 14.3 Å². The number of ketones is 1. The summed E-state index contributed by atoms with van der Waals surface area (Å²) in [5, 5.41) is 21.8. The van der Waals surface area contributed by atoms with Gasteiger partial charge in [-0.15, -0.1) is 0 Å². The first-order valence-corrected chi connectivity index (χ1v) is 13.4. The van der Waals surface area contributed by atoms with Gasteiger partial charge in [0.1, 0.15) is 23.2 Å². The lowest BCUT2D eigenvalue weighted by atomic mass is 9.74. The summed E-state index contributed by atoms with van der Waals surface area (Å²) in [5.41, 5.74) is 2.63. The van der Waals surface area contributed by atoms with Crippen molar-refractivity contribution < 1.29 is 24.5 Å². The Kier molecular flexibility index (Phi) is 9.61. The number of allylic oxidation sites excluding steroid dienone is 2. The summed E-state index contributed by atoms with van der Waals surface area (Å²) in [5.74, 6) is -1.69. The van der Waals surface area contributed by atoms with Gasteiger partial charge in [0.2, 0.25) is 0 Å². The maximum absolute atomic E-state index is 13.4. The highest BCUT2D eigenvalue weighted by atomic mass is 16.5. The minimum absolute atomic E-state index is 0.0221. The zero-order valence-corrected chi connectivity index (χ0v) is 22.7. The number of nitrogens with zero attached hydrogens (tertiary/aromatic N) is 2. The van der Waals surface area contributed by atoms with Crippen molar-refractivity contribution in [2.75, 3.05) is 36.0 Å². The van der Waals surface area contributed by atoms with E-state index in [1.54, 1.807) is 24.3 Å². The first-order chi connectivity index (χ1) is 17.8. The van der Waals surface area contributed by atoms with Crippen molar-refractivity contribution in [3.05, 3.63) is 53.3 Å². The standard InChI is InChI=1S/C30H40N2O5/c1-6-14-31(15-7-2)21-10-12-23(25(34)18-21)27-29(36)28(30(27)37-20(5)33)24-13-11-22(19-26(24)35)32(16-8-3)17-9-4/h10-13,18-19,27,34-35H,6-9,14-17H2,1-5H3. The van der Waals surface area contributed by atoms with E-state index in [1.165, 1.54) is 6.92 Å². The number of rotatable bonds is 13. The van der Waals surface area contributed by atoms with E-state index in [9.17, 15) is 19.8 Å². The molecule has 1 aliphatic rings.